The predicted molar refractivity (Wildman–Crippen MR) is 53.8 cm³/mol. The van der Waals surface area contributed by atoms with Crippen molar-refractivity contribution < 1.29 is 14.5 Å². The van der Waals surface area contributed by atoms with Gasteiger partial charge in [0.2, 0.25) is 5.91 Å². The van der Waals surface area contributed by atoms with Crippen LogP contribution in [0.5, 0.6) is 0 Å². The van der Waals surface area contributed by atoms with Crippen molar-refractivity contribution in [3.05, 3.63) is 21.7 Å². The van der Waals surface area contributed by atoms with Gasteiger partial charge in [-0.05, 0) is 11.3 Å². The fraction of sp³-hybridized carbons (Fsp3) is 0.143. The molecule has 7 nitrogen and oxygen atoms in total. The Bertz CT molecular complexity index is 439. The van der Waals surface area contributed by atoms with E-state index in [0.29, 0.717) is 11.3 Å². The summed E-state index contributed by atoms with van der Waals surface area (Å²) in [7, 11) is 0. The molecule has 0 fully saturated rings. The number of primary amides is 1. The second kappa shape index (κ2) is 4.05. The third-order valence-corrected chi connectivity index (χ3v) is 2.46. The average molecular weight is 229 g/mol. The van der Waals surface area contributed by atoms with Crippen LogP contribution in [0.25, 0.3) is 0 Å². The zero-order valence-electron chi connectivity index (χ0n) is 7.64. The molecule has 0 bridgehead atoms. The molecule has 0 spiro atoms. The quantitative estimate of drug-likeness (QED) is 0.586. The molecule has 0 aliphatic heterocycles. The SMILES string of the molecule is CC(=O)Nc1sc([N+](=O)[O-])cc1C(N)=O. The van der Waals surface area contributed by atoms with Gasteiger partial charge in [0.05, 0.1) is 10.5 Å². The second-order valence-electron chi connectivity index (χ2n) is 2.63. The van der Waals surface area contributed by atoms with Crippen LogP contribution in [0.15, 0.2) is 6.07 Å². The molecule has 2 amide bonds. The smallest absolute Gasteiger partial charge is 0.326 e. The standard InChI is InChI=1S/C7H7N3O4S/c1-3(11)9-7-4(6(8)12)2-5(15-7)10(13)14/h2H,1H3,(H2,8,12)(H,9,11). The highest BCUT2D eigenvalue weighted by Crippen LogP contribution is 2.33. The summed E-state index contributed by atoms with van der Waals surface area (Å²) in [5, 5.41) is 12.6. The maximum absolute atomic E-state index is 10.9. The van der Waals surface area contributed by atoms with Crippen LogP contribution in [0, 0.1) is 10.1 Å². The lowest BCUT2D eigenvalue weighted by molar-refractivity contribution is -0.380. The zero-order valence-corrected chi connectivity index (χ0v) is 8.46. The van der Waals surface area contributed by atoms with Gasteiger partial charge in [0, 0.05) is 13.0 Å². The van der Waals surface area contributed by atoms with E-state index in [-0.39, 0.29) is 15.6 Å². The first-order chi connectivity index (χ1) is 6.91. The number of nitrogens with two attached hydrogens (primary N) is 1. The number of nitrogens with one attached hydrogen (secondary N) is 1. The minimum atomic E-state index is -0.817. The molecule has 0 saturated heterocycles. The molecule has 0 aromatic carbocycles. The van der Waals surface area contributed by atoms with E-state index in [9.17, 15) is 19.7 Å². The number of hydrogen-bond acceptors (Lipinski definition) is 5. The highest BCUT2D eigenvalue weighted by atomic mass is 32.1. The Hall–Kier alpha value is -1.96. The van der Waals surface area contributed by atoms with E-state index in [1.165, 1.54) is 6.92 Å². The third-order valence-electron chi connectivity index (χ3n) is 1.45. The first kappa shape index (κ1) is 11.1. The van der Waals surface area contributed by atoms with E-state index in [2.05, 4.69) is 5.32 Å². The van der Waals surface area contributed by atoms with Crippen molar-refractivity contribution in [2.45, 2.75) is 6.92 Å². The molecule has 0 radical (unpaired) electrons. The van der Waals surface area contributed by atoms with Crippen LogP contribution >= 0.6 is 11.3 Å². The molecule has 1 aromatic heterocycles. The minimum Gasteiger partial charge on any atom is -0.366 e. The Morgan fingerprint density at radius 2 is 2.20 bits per heavy atom. The Morgan fingerprint density at radius 3 is 2.60 bits per heavy atom. The average Bonchev–Trinajstić information content (AvgIpc) is 2.46. The number of carbonyl (C=O) groups is 2. The lowest BCUT2D eigenvalue weighted by atomic mass is 10.3. The van der Waals surface area contributed by atoms with Gasteiger partial charge in [-0.3, -0.25) is 19.7 Å². The first-order valence-electron chi connectivity index (χ1n) is 3.77. The molecule has 1 heterocycles. The second-order valence-corrected chi connectivity index (χ2v) is 3.66. The first-order valence-corrected chi connectivity index (χ1v) is 4.59. The van der Waals surface area contributed by atoms with E-state index in [1.54, 1.807) is 0 Å². The lowest BCUT2D eigenvalue weighted by Crippen LogP contribution is -2.14. The van der Waals surface area contributed by atoms with Crippen LogP contribution in [0.2, 0.25) is 0 Å². The molecule has 0 aliphatic carbocycles. The van der Waals surface area contributed by atoms with Gasteiger partial charge in [0.15, 0.2) is 0 Å². The van der Waals surface area contributed by atoms with Crippen molar-refractivity contribution >= 4 is 33.2 Å². The molecule has 8 heteroatoms. The van der Waals surface area contributed by atoms with Crippen LogP contribution in [-0.2, 0) is 4.79 Å². The van der Waals surface area contributed by atoms with Gasteiger partial charge >= 0.3 is 5.00 Å². The molecule has 0 unspecified atom stereocenters. The van der Waals surface area contributed by atoms with Gasteiger partial charge in [-0.2, -0.15) is 0 Å². The molecule has 15 heavy (non-hydrogen) atoms. The summed E-state index contributed by atoms with van der Waals surface area (Å²) < 4.78 is 0. The van der Waals surface area contributed by atoms with Gasteiger partial charge in [-0.1, -0.05) is 0 Å². The van der Waals surface area contributed by atoms with Crippen molar-refractivity contribution in [3.63, 3.8) is 0 Å². The summed E-state index contributed by atoms with van der Waals surface area (Å²) in [6, 6.07) is 1.04. The van der Waals surface area contributed by atoms with Crippen LogP contribution < -0.4 is 11.1 Å². The van der Waals surface area contributed by atoms with Crippen LogP contribution in [0.4, 0.5) is 10.0 Å². The number of anilines is 1. The third kappa shape index (κ3) is 2.50. The molecule has 3 N–H and O–H groups in total. The topological polar surface area (TPSA) is 115 Å². The number of carbonyl (C=O) groups excluding carboxylic acids is 2. The van der Waals surface area contributed by atoms with E-state index in [4.69, 9.17) is 5.73 Å². The minimum absolute atomic E-state index is 0.0538. The Kier molecular flexibility index (Phi) is 3.00. The van der Waals surface area contributed by atoms with Crippen molar-refractivity contribution in [3.8, 4) is 0 Å². The Morgan fingerprint density at radius 1 is 1.60 bits per heavy atom. The predicted octanol–water partition coefficient (Wildman–Crippen LogP) is 0.714. The van der Waals surface area contributed by atoms with E-state index in [0.717, 1.165) is 6.07 Å². The summed E-state index contributed by atoms with van der Waals surface area (Å²) in [6.45, 7) is 1.23. The Balaban J connectivity index is 3.17. The molecule has 80 valence electrons. The summed E-state index contributed by atoms with van der Waals surface area (Å²) in [4.78, 5) is 31.4. The number of nitrogens with zero attached hydrogens (tertiary/aromatic N) is 1. The summed E-state index contributed by atoms with van der Waals surface area (Å²) >= 11 is 0.692. The molecule has 0 aliphatic rings. The number of nitro groups is 1. The lowest BCUT2D eigenvalue weighted by Gasteiger charge is -1.98. The molecular weight excluding hydrogens is 222 g/mol. The van der Waals surface area contributed by atoms with Gasteiger partial charge in [0.1, 0.15) is 5.00 Å². The molecular formula is C7H7N3O4S. The van der Waals surface area contributed by atoms with Crippen LogP contribution in [-0.4, -0.2) is 16.7 Å². The summed E-state index contributed by atoms with van der Waals surface area (Å²) in [5.41, 5.74) is 4.94. The normalized spacial score (nSPS) is 9.67. The highest BCUT2D eigenvalue weighted by molar-refractivity contribution is 7.19. The van der Waals surface area contributed by atoms with E-state index >= 15 is 0 Å². The van der Waals surface area contributed by atoms with Gasteiger partial charge in [-0.25, -0.2) is 0 Å². The van der Waals surface area contributed by atoms with Crippen LogP contribution in [0.3, 0.4) is 0 Å². The molecule has 0 saturated carbocycles. The van der Waals surface area contributed by atoms with Crippen molar-refractivity contribution in [1.82, 2.24) is 0 Å². The van der Waals surface area contributed by atoms with Crippen molar-refractivity contribution in [2.24, 2.45) is 5.73 Å². The highest BCUT2D eigenvalue weighted by Gasteiger charge is 2.20. The number of rotatable bonds is 3. The summed E-state index contributed by atoms with van der Waals surface area (Å²) in [5.74, 6) is -1.24. The Labute approximate surface area is 88.0 Å². The monoisotopic (exact) mass is 229 g/mol. The van der Waals surface area contributed by atoms with Crippen molar-refractivity contribution in [1.29, 1.82) is 0 Å². The van der Waals surface area contributed by atoms with Crippen LogP contribution in [0.1, 0.15) is 17.3 Å². The van der Waals surface area contributed by atoms with Gasteiger partial charge < -0.3 is 11.1 Å². The number of thiophene rings is 1. The van der Waals surface area contributed by atoms with E-state index < -0.39 is 16.7 Å². The van der Waals surface area contributed by atoms with Crippen molar-refractivity contribution in [2.75, 3.05) is 5.32 Å². The summed E-state index contributed by atoms with van der Waals surface area (Å²) in [6.07, 6.45) is 0. The maximum Gasteiger partial charge on any atom is 0.326 e. The fourth-order valence-corrected chi connectivity index (χ4v) is 1.83. The molecule has 1 aromatic rings. The zero-order chi connectivity index (χ0) is 11.6. The van der Waals surface area contributed by atoms with Gasteiger partial charge in [-0.15, -0.1) is 0 Å². The number of hydrogen-bond donors (Lipinski definition) is 2. The maximum atomic E-state index is 10.9. The molecule has 0 atom stereocenters. The largest absolute Gasteiger partial charge is 0.366 e. The van der Waals surface area contributed by atoms with Gasteiger partial charge in [0.25, 0.3) is 5.91 Å². The number of amides is 2. The fourth-order valence-electron chi connectivity index (χ4n) is 0.904. The molecule has 1 rings (SSSR count). The van der Waals surface area contributed by atoms with E-state index in [1.807, 2.05) is 0 Å².